The van der Waals surface area contributed by atoms with Crippen molar-refractivity contribution in [2.45, 2.75) is 0 Å². The normalized spacial score (nSPS) is 11.3. The van der Waals surface area contributed by atoms with Crippen LogP contribution in [0.2, 0.25) is 0 Å². The first-order chi connectivity index (χ1) is 17.9. The minimum Gasteiger partial charge on any atom is -0.309 e. The monoisotopic (exact) mass is 461 g/mol. The van der Waals surface area contributed by atoms with E-state index >= 15 is 0 Å². The molecule has 170 valence electrons. The molecule has 5 aromatic carbocycles. The summed E-state index contributed by atoms with van der Waals surface area (Å²) in [4.78, 5) is 4.65. The van der Waals surface area contributed by atoms with Crippen LogP contribution in [0.1, 0.15) is 0 Å². The van der Waals surface area contributed by atoms with Gasteiger partial charge in [-0.05, 0) is 65.7 Å². The average molecular weight is 462 g/mol. The van der Waals surface area contributed by atoms with Gasteiger partial charge in [0, 0.05) is 40.1 Å². The summed E-state index contributed by atoms with van der Waals surface area (Å²) in [5, 5.41) is 2.52. The molecule has 2 aromatic heterocycles. The van der Waals surface area contributed by atoms with Crippen molar-refractivity contribution in [2.75, 3.05) is 0 Å². The highest BCUT2D eigenvalue weighted by molar-refractivity contribution is 6.10. The summed E-state index contributed by atoms with van der Waals surface area (Å²) in [5.74, 6) is 0.933. The van der Waals surface area contributed by atoms with Crippen LogP contribution in [-0.4, -0.2) is 14.1 Å². The number of benzene rings is 5. The molecule has 7 rings (SSSR count). The first-order valence-corrected chi connectivity index (χ1v) is 12.1. The van der Waals surface area contributed by atoms with Gasteiger partial charge in [-0.2, -0.15) is 0 Å². The molecular formula is C33H23N3. The van der Waals surface area contributed by atoms with Crippen LogP contribution in [0.3, 0.4) is 0 Å². The average Bonchev–Trinajstić information content (AvgIpc) is 3.57. The van der Waals surface area contributed by atoms with Crippen molar-refractivity contribution in [3.05, 3.63) is 140 Å². The number of para-hydroxylation sites is 2. The molecule has 0 amide bonds. The van der Waals surface area contributed by atoms with Crippen molar-refractivity contribution in [1.82, 2.24) is 14.1 Å². The maximum atomic E-state index is 4.65. The Morgan fingerprint density at radius 3 is 1.94 bits per heavy atom. The molecule has 0 radical (unpaired) electrons. The molecule has 0 aliphatic carbocycles. The summed E-state index contributed by atoms with van der Waals surface area (Å²) in [5.41, 5.74) is 8.19. The van der Waals surface area contributed by atoms with Gasteiger partial charge in [0.05, 0.1) is 11.0 Å². The molecule has 7 aromatic rings. The zero-order chi connectivity index (χ0) is 23.9. The minimum absolute atomic E-state index is 0.933. The number of hydrogen-bond donors (Lipinski definition) is 0. The lowest BCUT2D eigenvalue weighted by atomic mass is 10.0. The second-order valence-electron chi connectivity index (χ2n) is 8.95. The molecule has 0 aliphatic heterocycles. The Morgan fingerprint density at radius 2 is 1.14 bits per heavy atom. The van der Waals surface area contributed by atoms with E-state index in [-0.39, 0.29) is 0 Å². The molecule has 0 spiro atoms. The van der Waals surface area contributed by atoms with E-state index in [2.05, 4.69) is 123 Å². The SMILES string of the molecule is c1ccc(-c2ccc3c(c2)c2ccccc2n3-c2ccc(-c3nccn3-c3ccccc3)cc2)cc1. The van der Waals surface area contributed by atoms with Crippen LogP contribution in [0.5, 0.6) is 0 Å². The van der Waals surface area contributed by atoms with Crippen molar-refractivity contribution in [3.63, 3.8) is 0 Å². The van der Waals surface area contributed by atoms with Crippen molar-refractivity contribution < 1.29 is 0 Å². The first kappa shape index (κ1) is 20.5. The largest absolute Gasteiger partial charge is 0.309 e. The molecular weight excluding hydrogens is 438 g/mol. The van der Waals surface area contributed by atoms with Crippen molar-refractivity contribution in [2.24, 2.45) is 0 Å². The third-order valence-electron chi connectivity index (χ3n) is 6.84. The van der Waals surface area contributed by atoms with E-state index in [1.54, 1.807) is 0 Å². The highest BCUT2D eigenvalue weighted by Gasteiger charge is 2.14. The zero-order valence-corrected chi connectivity index (χ0v) is 19.6. The van der Waals surface area contributed by atoms with Gasteiger partial charge in [0.1, 0.15) is 5.82 Å². The summed E-state index contributed by atoms with van der Waals surface area (Å²) in [6.07, 6.45) is 3.86. The molecule has 0 saturated carbocycles. The second kappa shape index (κ2) is 8.40. The number of aromatic nitrogens is 3. The topological polar surface area (TPSA) is 22.8 Å². The molecule has 0 aliphatic rings. The summed E-state index contributed by atoms with van der Waals surface area (Å²) >= 11 is 0. The lowest BCUT2D eigenvalue weighted by Gasteiger charge is -2.11. The number of imidazole rings is 1. The van der Waals surface area contributed by atoms with Crippen LogP contribution in [-0.2, 0) is 0 Å². The van der Waals surface area contributed by atoms with Crippen LogP contribution in [0.15, 0.2) is 140 Å². The lowest BCUT2D eigenvalue weighted by Crippen LogP contribution is -1.97. The Hall–Kier alpha value is -4.89. The van der Waals surface area contributed by atoms with Gasteiger partial charge in [0.15, 0.2) is 0 Å². The predicted octanol–water partition coefficient (Wildman–Crippen LogP) is 8.30. The third kappa shape index (κ3) is 3.33. The van der Waals surface area contributed by atoms with E-state index in [1.807, 2.05) is 30.6 Å². The standard InChI is InChI=1S/C33H23N3/c1-3-9-24(10-4-1)26-17-20-32-30(23-26)29-13-7-8-14-31(29)36(32)28-18-15-25(16-19-28)33-34-21-22-35(33)27-11-5-2-6-12-27/h1-23H. The number of fused-ring (bicyclic) bond motifs is 3. The van der Waals surface area contributed by atoms with E-state index in [1.165, 1.54) is 32.9 Å². The number of rotatable bonds is 4. The van der Waals surface area contributed by atoms with Gasteiger partial charge >= 0.3 is 0 Å². The molecule has 0 atom stereocenters. The van der Waals surface area contributed by atoms with E-state index in [0.29, 0.717) is 0 Å². The first-order valence-electron chi connectivity index (χ1n) is 12.1. The Bertz CT molecular complexity index is 1810. The summed E-state index contributed by atoms with van der Waals surface area (Å²) in [6, 6.07) is 45.0. The van der Waals surface area contributed by atoms with Gasteiger partial charge in [0.2, 0.25) is 0 Å². The molecule has 0 unspecified atom stereocenters. The maximum absolute atomic E-state index is 4.65. The third-order valence-corrected chi connectivity index (χ3v) is 6.84. The molecule has 3 nitrogen and oxygen atoms in total. The molecule has 0 saturated heterocycles. The fourth-order valence-corrected chi connectivity index (χ4v) is 5.13. The highest BCUT2D eigenvalue weighted by atomic mass is 15.1. The van der Waals surface area contributed by atoms with Crippen LogP contribution in [0.25, 0.3) is 55.7 Å². The van der Waals surface area contributed by atoms with E-state index < -0.39 is 0 Å². The smallest absolute Gasteiger partial charge is 0.144 e. The summed E-state index contributed by atoms with van der Waals surface area (Å²) < 4.78 is 4.48. The van der Waals surface area contributed by atoms with Gasteiger partial charge in [-0.1, -0.05) is 72.8 Å². The van der Waals surface area contributed by atoms with E-state index in [4.69, 9.17) is 0 Å². The molecule has 0 N–H and O–H groups in total. The Kier molecular flexibility index (Phi) is 4.78. The van der Waals surface area contributed by atoms with Crippen LogP contribution in [0, 0.1) is 0 Å². The molecule has 3 heteroatoms. The van der Waals surface area contributed by atoms with Crippen LogP contribution >= 0.6 is 0 Å². The van der Waals surface area contributed by atoms with Crippen LogP contribution < -0.4 is 0 Å². The minimum atomic E-state index is 0.933. The number of nitrogens with zero attached hydrogens (tertiary/aromatic N) is 3. The quantitative estimate of drug-likeness (QED) is 0.258. The predicted molar refractivity (Wildman–Crippen MR) is 149 cm³/mol. The lowest BCUT2D eigenvalue weighted by molar-refractivity contribution is 1.07. The fourth-order valence-electron chi connectivity index (χ4n) is 5.13. The van der Waals surface area contributed by atoms with Gasteiger partial charge in [0.25, 0.3) is 0 Å². The van der Waals surface area contributed by atoms with Gasteiger partial charge < -0.3 is 4.57 Å². The fraction of sp³-hybridized carbons (Fsp3) is 0. The van der Waals surface area contributed by atoms with Crippen molar-refractivity contribution >= 4 is 21.8 Å². The number of hydrogen-bond acceptors (Lipinski definition) is 1. The molecule has 36 heavy (non-hydrogen) atoms. The highest BCUT2D eigenvalue weighted by Crippen LogP contribution is 2.35. The van der Waals surface area contributed by atoms with Gasteiger partial charge in [-0.3, -0.25) is 4.57 Å². The van der Waals surface area contributed by atoms with Gasteiger partial charge in [-0.15, -0.1) is 0 Å². The van der Waals surface area contributed by atoms with Crippen LogP contribution in [0.4, 0.5) is 0 Å². The van der Waals surface area contributed by atoms with E-state index in [9.17, 15) is 0 Å². The maximum Gasteiger partial charge on any atom is 0.144 e. The molecule has 0 bridgehead atoms. The van der Waals surface area contributed by atoms with Gasteiger partial charge in [-0.25, -0.2) is 4.98 Å². The van der Waals surface area contributed by atoms with Crippen molar-refractivity contribution in [1.29, 1.82) is 0 Å². The Morgan fingerprint density at radius 1 is 0.472 bits per heavy atom. The summed E-state index contributed by atoms with van der Waals surface area (Å²) in [6.45, 7) is 0. The Balaban J connectivity index is 1.35. The Labute approximate surface area is 209 Å². The summed E-state index contributed by atoms with van der Waals surface area (Å²) in [7, 11) is 0. The zero-order valence-electron chi connectivity index (χ0n) is 19.6. The van der Waals surface area contributed by atoms with Crippen molar-refractivity contribution in [3.8, 4) is 33.9 Å². The molecule has 2 heterocycles. The molecule has 0 fully saturated rings. The van der Waals surface area contributed by atoms with E-state index in [0.717, 1.165) is 22.8 Å². The second-order valence-corrected chi connectivity index (χ2v) is 8.95.